The number of anilines is 1. The average molecular weight is 510 g/mol. The highest BCUT2D eigenvalue weighted by Crippen LogP contribution is 2.47. The van der Waals surface area contributed by atoms with Crippen molar-refractivity contribution in [2.45, 2.75) is 25.0 Å². The Morgan fingerprint density at radius 1 is 1.14 bits per heavy atom. The first-order valence-corrected chi connectivity index (χ1v) is 12.9. The minimum atomic E-state index is -0.749. The zero-order chi connectivity index (χ0) is 24.4. The van der Waals surface area contributed by atoms with Crippen LogP contribution in [0.5, 0.6) is 5.75 Å². The standard InChI is InChI=1S/C24H23N5O4S2/c1-14-9-16-11-35-23(28-20(31)15-5-3-2-4-6-15)29-24(16,13-33-14)22-27-19(12-34-22)26-21(32)18-8-7-17(30)10-25-18/h2-8,10,12,14,16,30H,9,11,13H2,1H3,(H,26,32)(H,28,29,31)/t14-,16-,24?/m0/s1. The number of thiazole rings is 1. The lowest BCUT2D eigenvalue weighted by Gasteiger charge is -2.44. The number of amidine groups is 1. The zero-order valence-electron chi connectivity index (χ0n) is 18.8. The second-order valence-electron chi connectivity index (χ2n) is 8.42. The van der Waals surface area contributed by atoms with Gasteiger partial charge in [-0.15, -0.1) is 11.3 Å². The van der Waals surface area contributed by atoms with Gasteiger partial charge in [-0.1, -0.05) is 30.0 Å². The summed E-state index contributed by atoms with van der Waals surface area (Å²) in [5, 5.41) is 18.1. The average Bonchev–Trinajstić information content (AvgIpc) is 3.34. The Balaban J connectivity index is 1.40. The van der Waals surface area contributed by atoms with Gasteiger partial charge in [-0.2, -0.15) is 0 Å². The highest BCUT2D eigenvalue weighted by atomic mass is 32.2. The highest BCUT2D eigenvalue weighted by molar-refractivity contribution is 8.13. The van der Waals surface area contributed by atoms with Crippen LogP contribution >= 0.6 is 23.1 Å². The largest absolute Gasteiger partial charge is 0.506 e. The topological polar surface area (TPSA) is 126 Å². The molecule has 35 heavy (non-hydrogen) atoms. The molecule has 2 aromatic heterocycles. The zero-order valence-corrected chi connectivity index (χ0v) is 20.4. The summed E-state index contributed by atoms with van der Waals surface area (Å²) in [7, 11) is 0. The molecule has 2 aliphatic heterocycles. The number of aromatic nitrogens is 2. The molecule has 0 radical (unpaired) electrons. The molecule has 3 aromatic rings. The van der Waals surface area contributed by atoms with Crippen LogP contribution in [0.15, 0.2) is 59.0 Å². The van der Waals surface area contributed by atoms with E-state index in [4.69, 9.17) is 9.73 Å². The molecule has 5 rings (SSSR count). The number of pyridine rings is 1. The van der Waals surface area contributed by atoms with Crippen LogP contribution in [0.4, 0.5) is 5.82 Å². The number of carbonyl (C=O) groups is 2. The van der Waals surface area contributed by atoms with Crippen LogP contribution in [-0.2, 0) is 10.3 Å². The number of hydrogen-bond donors (Lipinski definition) is 3. The Bertz CT molecular complexity index is 1260. The van der Waals surface area contributed by atoms with Crippen molar-refractivity contribution in [1.82, 2.24) is 15.3 Å². The maximum Gasteiger partial charge on any atom is 0.275 e. The molecule has 4 heterocycles. The molecule has 2 aliphatic rings. The van der Waals surface area contributed by atoms with Gasteiger partial charge in [-0.25, -0.2) is 15.0 Å². The molecule has 2 amide bonds. The smallest absolute Gasteiger partial charge is 0.275 e. The number of ether oxygens (including phenoxy) is 1. The van der Waals surface area contributed by atoms with Gasteiger partial charge in [0.2, 0.25) is 0 Å². The molecule has 3 atom stereocenters. The lowest BCUT2D eigenvalue weighted by atomic mass is 9.80. The third-order valence-electron chi connectivity index (χ3n) is 5.96. The van der Waals surface area contributed by atoms with Crippen molar-refractivity contribution in [2.24, 2.45) is 10.9 Å². The van der Waals surface area contributed by atoms with Gasteiger partial charge in [0.05, 0.1) is 18.9 Å². The second-order valence-corrected chi connectivity index (χ2v) is 10.3. The Kier molecular flexibility index (Phi) is 6.54. The van der Waals surface area contributed by atoms with Crippen LogP contribution in [0.2, 0.25) is 0 Å². The molecule has 11 heteroatoms. The number of carbonyl (C=O) groups excluding carboxylic acids is 2. The molecule has 1 saturated heterocycles. The van der Waals surface area contributed by atoms with Gasteiger partial charge in [0.1, 0.15) is 27.8 Å². The predicted molar refractivity (Wildman–Crippen MR) is 135 cm³/mol. The molecule has 9 nitrogen and oxygen atoms in total. The van der Waals surface area contributed by atoms with Gasteiger partial charge in [0, 0.05) is 22.6 Å². The van der Waals surface area contributed by atoms with Crippen LogP contribution in [0, 0.1) is 5.92 Å². The SMILES string of the molecule is C[C@H]1C[C@H]2CSC(NC(=O)c3ccccc3)=NC2(c2nc(NC(=O)c3ccc(O)cn3)cs2)CO1. The number of nitrogens with zero attached hydrogens (tertiary/aromatic N) is 3. The van der Waals surface area contributed by atoms with E-state index in [9.17, 15) is 14.7 Å². The van der Waals surface area contributed by atoms with Crippen molar-refractivity contribution in [3.05, 3.63) is 70.3 Å². The molecule has 0 aliphatic carbocycles. The van der Waals surface area contributed by atoms with Gasteiger partial charge in [-0.3, -0.25) is 9.59 Å². The molecule has 3 N–H and O–H groups in total. The molecule has 1 fully saturated rings. The first kappa shape index (κ1) is 23.5. The summed E-state index contributed by atoms with van der Waals surface area (Å²) in [6.07, 6.45) is 2.13. The maximum absolute atomic E-state index is 12.7. The van der Waals surface area contributed by atoms with Crippen molar-refractivity contribution in [3.8, 4) is 5.75 Å². The number of aliphatic imine (C=N–C) groups is 1. The van der Waals surface area contributed by atoms with Gasteiger partial charge >= 0.3 is 0 Å². The third kappa shape index (κ3) is 4.93. The molecule has 1 unspecified atom stereocenters. The first-order valence-electron chi connectivity index (χ1n) is 11.1. The number of amides is 2. The van der Waals surface area contributed by atoms with Crippen molar-refractivity contribution in [3.63, 3.8) is 0 Å². The number of hydrogen-bond acceptors (Lipinski definition) is 9. The highest BCUT2D eigenvalue weighted by Gasteiger charge is 2.49. The van der Waals surface area contributed by atoms with Crippen LogP contribution in [0.1, 0.15) is 39.2 Å². The Hall–Kier alpha value is -3.28. The number of rotatable bonds is 4. The Morgan fingerprint density at radius 3 is 2.74 bits per heavy atom. The summed E-state index contributed by atoms with van der Waals surface area (Å²) < 4.78 is 6.03. The van der Waals surface area contributed by atoms with E-state index in [0.717, 1.165) is 17.2 Å². The van der Waals surface area contributed by atoms with Gasteiger partial charge in [-0.05, 0) is 37.6 Å². The predicted octanol–water partition coefficient (Wildman–Crippen LogP) is 3.65. The van der Waals surface area contributed by atoms with Crippen molar-refractivity contribution in [2.75, 3.05) is 17.7 Å². The van der Waals surface area contributed by atoms with Crippen LogP contribution < -0.4 is 10.6 Å². The van der Waals surface area contributed by atoms with Gasteiger partial charge in [0.15, 0.2) is 5.17 Å². The number of aromatic hydroxyl groups is 1. The molecule has 0 saturated carbocycles. The summed E-state index contributed by atoms with van der Waals surface area (Å²) in [5.74, 6) is 0.659. The monoisotopic (exact) mass is 509 g/mol. The Labute approximate surface area is 210 Å². The summed E-state index contributed by atoms with van der Waals surface area (Å²) >= 11 is 2.92. The van der Waals surface area contributed by atoms with E-state index in [-0.39, 0.29) is 29.4 Å². The third-order valence-corrected chi connectivity index (χ3v) is 8.00. The summed E-state index contributed by atoms with van der Waals surface area (Å²) in [4.78, 5) is 38.9. The maximum atomic E-state index is 12.7. The fourth-order valence-corrected chi connectivity index (χ4v) is 6.24. The normalized spacial score (nSPS) is 23.6. The van der Waals surface area contributed by atoms with Crippen molar-refractivity contribution >= 4 is 45.9 Å². The van der Waals surface area contributed by atoms with Crippen molar-refractivity contribution < 1.29 is 19.4 Å². The first-order chi connectivity index (χ1) is 16.9. The second kappa shape index (κ2) is 9.76. The number of fused-ring (bicyclic) bond motifs is 1. The number of thioether (sulfide) groups is 1. The summed E-state index contributed by atoms with van der Waals surface area (Å²) in [5.41, 5.74) is -0.0228. The van der Waals surface area contributed by atoms with Gasteiger partial charge < -0.3 is 20.5 Å². The lowest BCUT2D eigenvalue weighted by Crippen LogP contribution is -2.50. The van der Waals surface area contributed by atoms with E-state index < -0.39 is 11.4 Å². The molecule has 180 valence electrons. The molecule has 1 aromatic carbocycles. The number of nitrogens with one attached hydrogen (secondary N) is 2. The summed E-state index contributed by atoms with van der Waals surface area (Å²) in [6, 6.07) is 11.8. The van der Waals surface area contributed by atoms with E-state index in [1.807, 2.05) is 25.1 Å². The minimum Gasteiger partial charge on any atom is -0.506 e. The minimum absolute atomic E-state index is 0.0163. The lowest BCUT2D eigenvalue weighted by molar-refractivity contribution is -0.0466. The van der Waals surface area contributed by atoms with Crippen LogP contribution in [-0.4, -0.2) is 50.5 Å². The summed E-state index contributed by atoms with van der Waals surface area (Å²) in [6.45, 7) is 2.38. The van der Waals surface area contributed by atoms with E-state index >= 15 is 0 Å². The van der Waals surface area contributed by atoms with Crippen molar-refractivity contribution in [1.29, 1.82) is 0 Å². The van der Waals surface area contributed by atoms with Gasteiger partial charge in [0.25, 0.3) is 11.8 Å². The molecular weight excluding hydrogens is 486 g/mol. The molecular formula is C24H23N5O4S2. The van der Waals surface area contributed by atoms with E-state index in [0.29, 0.717) is 23.2 Å². The van der Waals surface area contributed by atoms with Crippen LogP contribution in [0.3, 0.4) is 0 Å². The van der Waals surface area contributed by atoms with E-state index in [1.165, 1.54) is 41.4 Å². The Morgan fingerprint density at radius 2 is 1.97 bits per heavy atom. The fraction of sp³-hybridized carbons (Fsp3) is 0.292. The van der Waals surface area contributed by atoms with Crippen LogP contribution in [0.25, 0.3) is 0 Å². The number of benzene rings is 1. The fourth-order valence-electron chi connectivity index (χ4n) is 4.11. The van der Waals surface area contributed by atoms with E-state index in [2.05, 4.69) is 20.6 Å². The quantitative estimate of drug-likeness (QED) is 0.490. The molecule has 0 bridgehead atoms. The van der Waals surface area contributed by atoms with E-state index in [1.54, 1.807) is 17.5 Å². The molecule has 0 spiro atoms.